The van der Waals surface area contributed by atoms with Crippen molar-refractivity contribution in [3.8, 4) is 5.75 Å². The fourth-order valence-electron chi connectivity index (χ4n) is 1.88. The van der Waals surface area contributed by atoms with Gasteiger partial charge in [0.25, 0.3) is 0 Å². The molecule has 2 rings (SSSR count). The van der Waals surface area contributed by atoms with Gasteiger partial charge in [-0.25, -0.2) is 0 Å². The summed E-state index contributed by atoms with van der Waals surface area (Å²) in [6, 6.07) is 11.5. The number of halogens is 3. The number of para-hydroxylation sites is 2. The number of nitrogens with one attached hydrogen (secondary N) is 1. The number of thioether (sulfide) groups is 1. The Morgan fingerprint density at radius 3 is 2.52 bits per heavy atom. The van der Waals surface area contributed by atoms with Gasteiger partial charge in [0, 0.05) is 22.7 Å². The monoisotopic (exact) mass is 313 g/mol. The van der Waals surface area contributed by atoms with Gasteiger partial charge in [0.1, 0.15) is 5.75 Å². The average Bonchev–Trinajstić information content (AvgIpc) is 2.40. The molecule has 0 saturated heterocycles. The van der Waals surface area contributed by atoms with Crippen LogP contribution < -0.4 is 5.32 Å². The van der Waals surface area contributed by atoms with Gasteiger partial charge in [0.15, 0.2) is 0 Å². The molecule has 2 aromatic carbocycles. The molecule has 112 valence electrons. The summed E-state index contributed by atoms with van der Waals surface area (Å²) >= 11 is -0.155. The number of hydrogen-bond donors (Lipinski definition) is 2. The zero-order chi connectivity index (χ0) is 15.5. The molecule has 0 amide bonds. The third-order valence-corrected chi connectivity index (χ3v) is 3.71. The van der Waals surface area contributed by atoms with E-state index in [-0.39, 0.29) is 29.0 Å². The van der Waals surface area contributed by atoms with Crippen LogP contribution in [0.4, 0.5) is 18.9 Å². The van der Waals surface area contributed by atoms with E-state index in [0.717, 1.165) is 5.56 Å². The normalized spacial score (nSPS) is 11.4. The molecule has 0 bridgehead atoms. The molecular formula is C15H14F3NOS. The van der Waals surface area contributed by atoms with E-state index in [9.17, 15) is 18.3 Å². The second-order valence-corrected chi connectivity index (χ2v) is 5.59. The molecule has 0 aliphatic carbocycles. The summed E-state index contributed by atoms with van der Waals surface area (Å²) in [7, 11) is 0. The summed E-state index contributed by atoms with van der Waals surface area (Å²) < 4.78 is 37.5. The van der Waals surface area contributed by atoms with E-state index in [1.54, 1.807) is 43.3 Å². The van der Waals surface area contributed by atoms with Gasteiger partial charge >= 0.3 is 5.51 Å². The van der Waals surface area contributed by atoms with E-state index in [1.807, 2.05) is 0 Å². The molecule has 0 heterocycles. The van der Waals surface area contributed by atoms with Crippen LogP contribution in [0.2, 0.25) is 0 Å². The molecule has 0 radical (unpaired) electrons. The van der Waals surface area contributed by atoms with Crippen molar-refractivity contribution in [2.75, 3.05) is 5.32 Å². The second kappa shape index (κ2) is 6.30. The summed E-state index contributed by atoms with van der Waals surface area (Å²) in [4.78, 5) is 0.108. The highest BCUT2D eigenvalue weighted by Gasteiger charge is 2.30. The van der Waals surface area contributed by atoms with Gasteiger partial charge in [0.05, 0.1) is 0 Å². The van der Waals surface area contributed by atoms with Crippen LogP contribution in [0.15, 0.2) is 47.4 Å². The Bertz CT molecular complexity index is 629. The van der Waals surface area contributed by atoms with Crippen molar-refractivity contribution in [2.45, 2.75) is 23.9 Å². The molecule has 0 unspecified atom stereocenters. The Labute approximate surface area is 125 Å². The first kappa shape index (κ1) is 15.6. The molecule has 21 heavy (non-hydrogen) atoms. The number of rotatable bonds is 4. The van der Waals surface area contributed by atoms with E-state index in [2.05, 4.69) is 5.32 Å². The smallest absolute Gasteiger partial charge is 0.446 e. The van der Waals surface area contributed by atoms with Crippen molar-refractivity contribution in [2.24, 2.45) is 0 Å². The quantitative estimate of drug-likeness (QED) is 0.785. The lowest BCUT2D eigenvalue weighted by molar-refractivity contribution is -0.0327. The minimum Gasteiger partial charge on any atom is -0.507 e. The van der Waals surface area contributed by atoms with Crippen LogP contribution in [0.25, 0.3) is 0 Å². The summed E-state index contributed by atoms with van der Waals surface area (Å²) in [5.41, 5.74) is -2.57. The Morgan fingerprint density at radius 2 is 1.81 bits per heavy atom. The van der Waals surface area contributed by atoms with Gasteiger partial charge in [-0.1, -0.05) is 30.3 Å². The van der Waals surface area contributed by atoms with E-state index >= 15 is 0 Å². The lowest BCUT2D eigenvalue weighted by Gasteiger charge is -2.14. The zero-order valence-electron chi connectivity index (χ0n) is 11.2. The third-order valence-electron chi connectivity index (χ3n) is 2.90. The van der Waals surface area contributed by atoms with E-state index in [1.165, 1.54) is 6.07 Å². The number of hydrogen-bond acceptors (Lipinski definition) is 3. The fourth-order valence-corrected chi connectivity index (χ4v) is 2.53. The van der Waals surface area contributed by atoms with Crippen LogP contribution in [0.1, 0.15) is 11.1 Å². The molecule has 0 aliphatic rings. The Morgan fingerprint density at radius 1 is 1.10 bits per heavy atom. The molecule has 2 nitrogen and oxygen atoms in total. The summed E-state index contributed by atoms with van der Waals surface area (Å²) in [5.74, 6) is 0.158. The number of phenolic OH excluding ortho intramolecular Hbond substituents is 1. The highest BCUT2D eigenvalue weighted by atomic mass is 32.2. The molecule has 0 saturated carbocycles. The molecule has 2 aromatic rings. The first-order valence-electron chi connectivity index (χ1n) is 6.23. The number of anilines is 1. The Hall–Kier alpha value is -1.82. The first-order chi connectivity index (χ1) is 9.87. The number of alkyl halides is 3. The Kier molecular flexibility index (Phi) is 4.67. The van der Waals surface area contributed by atoms with Gasteiger partial charge in [-0.2, -0.15) is 13.2 Å². The molecule has 0 atom stereocenters. The van der Waals surface area contributed by atoms with Crippen molar-refractivity contribution >= 4 is 17.4 Å². The average molecular weight is 313 g/mol. The van der Waals surface area contributed by atoms with E-state index in [4.69, 9.17) is 0 Å². The van der Waals surface area contributed by atoms with Crippen molar-refractivity contribution in [3.05, 3.63) is 53.6 Å². The van der Waals surface area contributed by atoms with Gasteiger partial charge in [-0.3, -0.25) is 0 Å². The molecule has 0 aliphatic heterocycles. The van der Waals surface area contributed by atoms with Crippen LogP contribution in [0, 0.1) is 6.92 Å². The van der Waals surface area contributed by atoms with Gasteiger partial charge in [-0.15, -0.1) is 0 Å². The number of aryl methyl sites for hydroxylation is 1. The lowest BCUT2D eigenvalue weighted by atomic mass is 10.1. The van der Waals surface area contributed by atoms with Crippen molar-refractivity contribution in [1.29, 1.82) is 0 Å². The fraction of sp³-hybridized carbons (Fsp3) is 0.200. The molecule has 2 N–H and O–H groups in total. The largest absolute Gasteiger partial charge is 0.507 e. The zero-order valence-corrected chi connectivity index (χ0v) is 12.1. The molecular weight excluding hydrogens is 299 g/mol. The molecule has 0 fully saturated rings. The predicted molar refractivity (Wildman–Crippen MR) is 78.5 cm³/mol. The maximum Gasteiger partial charge on any atom is 0.446 e. The van der Waals surface area contributed by atoms with Gasteiger partial charge in [0.2, 0.25) is 0 Å². The van der Waals surface area contributed by atoms with Crippen molar-refractivity contribution < 1.29 is 18.3 Å². The Balaban J connectivity index is 2.15. The highest BCUT2D eigenvalue weighted by molar-refractivity contribution is 8.00. The second-order valence-electron chi connectivity index (χ2n) is 4.48. The summed E-state index contributed by atoms with van der Waals surface area (Å²) in [6.07, 6.45) is 0. The number of benzene rings is 2. The summed E-state index contributed by atoms with van der Waals surface area (Å²) in [5, 5.41) is 12.8. The minimum absolute atomic E-state index is 0.108. The molecule has 0 spiro atoms. The van der Waals surface area contributed by atoms with Crippen LogP contribution >= 0.6 is 11.8 Å². The van der Waals surface area contributed by atoms with Crippen LogP contribution in [-0.2, 0) is 6.54 Å². The lowest BCUT2D eigenvalue weighted by Crippen LogP contribution is -2.04. The minimum atomic E-state index is -4.33. The topological polar surface area (TPSA) is 32.3 Å². The third kappa shape index (κ3) is 4.32. The van der Waals surface area contributed by atoms with Crippen LogP contribution in [-0.4, -0.2) is 10.6 Å². The van der Waals surface area contributed by atoms with Crippen molar-refractivity contribution in [1.82, 2.24) is 0 Å². The molecule has 0 aromatic heterocycles. The predicted octanol–water partition coefficient (Wildman–Crippen LogP) is 4.92. The maximum atomic E-state index is 12.5. The SMILES string of the molecule is Cc1cccc(CNc2ccccc2SC(F)(F)F)c1O. The number of aromatic hydroxyl groups is 1. The molecule has 6 heteroatoms. The van der Waals surface area contributed by atoms with Gasteiger partial charge in [-0.05, 0) is 36.4 Å². The van der Waals surface area contributed by atoms with Gasteiger partial charge < -0.3 is 10.4 Å². The number of phenols is 1. The first-order valence-corrected chi connectivity index (χ1v) is 7.04. The maximum absolute atomic E-state index is 12.5. The van der Waals surface area contributed by atoms with Crippen LogP contribution in [0.5, 0.6) is 5.75 Å². The summed E-state index contributed by atoms with van der Waals surface area (Å²) in [6.45, 7) is 2.02. The standard InChI is InChI=1S/C15H14F3NOS/c1-10-5-4-6-11(14(10)20)9-19-12-7-2-3-8-13(12)21-15(16,17)18/h2-8,19-20H,9H2,1H3. The highest BCUT2D eigenvalue weighted by Crippen LogP contribution is 2.40. The van der Waals surface area contributed by atoms with E-state index < -0.39 is 5.51 Å². The van der Waals surface area contributed by atoms with Crippen molar-refractivity contribution in [3.63, 3.8) is 0 Å². The van der Waals surface area contributed by atoms with Crippen LogP contribution in [0.3, 0.4) is 0 Å². The van der Waals surface area contributed by atoms with E-state index in [0.29, 0.717) is 11.3 Å².